The van der Waals surface area contributed by atoms with Gasteiger partial charge in [-0.15, -0.1) is 0 Å². The second-order valence-corrected chi connectivity index (χ2v) is 7.19. The second-order valence-electron chi connectivity index (χ2n) is 7.19. The highest BCUT2D eigenvalue weighted by Gasteiger charge is 2.19. The van der Waals surface area contributed by atoms with Gasteiger partial charge in [-0.25, -0.2) is 0 Å². The Kier molecular flexibility index (Phi) is 4.67. The van der Waals surface area contributed by atoms with Crippen LogP contribution in [0.4, 0.5) is 0 Å². The molecule has 1 saturated carbocycles. The van der Waals surface area contributed by atoms with Gasteiger partial charge in [-0.3, -0.25) is 0 Å². The van der Waals surface area contributed by atoms with Gasteiger partial charge in [0.15, 0.2) is 0 Å². The summed E-state index contributed by atoms with van der Waals surface area (Å²) >= 11 is 0. The molecule has 0 amide bonds. The number of aliphatic hydroxyl groups excluding tert-OH is 1. The lowest BCUT2D eigenvalue weighted by Crippen LogP contribution is -2.13. The molecule has 1 aliphatic carbocycles. The average Bonchev–Trinajstić information content (AvgIpc) is 2.53. The lowest BCUT2D eigenvalue weighted by molar-refractivity contribution is 0.141. The van der Waals surface area contributed by atoms with Crippen LogP contribution in [0.3, 0.4) is 0 Å². The van der Waals surface area contributed by atoms with Crippen molar-refractivity contribution in [3.05, 3.63) is 35.4 Å². The minimum Gasteiger partial charge on any atom is -0.393 e. The zero-order valence-electron chi connectivity index (χ0n) is 12.7. The first kappa shape index (κ1) is 14.6. The topological polar surface area (TPSA) is 20.2 Å². The van der Waals surface area contributed by atoms with Crippen molar-refractivity contribution < 1.29 is 5.11 Å². The van der Waals surface area contributed by atoms with Gasteiger partial charge in [-0.2, -0.15) is 0 Å². The van der Waals surface area contributed by atoms with Crippen molar-refractivity contribution >= 4 is 0 Å². The second kappa shape index (κ2) is 6.09. The Hall–Kier alpha value is -0.820. The van der Waals surface area contributed by atoms with Gasteiger partial charge in [0.25, 0.3) is 0 Å². The Morgan fingerprint density at radius 3 is 2.32 bits per heavy atom. The normalized spacial score (nSPS) is 25.1. The molecule has 0 heterocycles. The molecule has 2 atom stereocenters. The monoisotopic (exact) mass is 260 g/mol. The molecule has 0 radical (unpaired) electrons. The van der Waals surface area contributed by atoms with E-state index in [9.17, 15) is 5.11 Å². The Balaban J connectivity index is 1.99. The minimum absolute atomic E-state index is 0.0682. The third-order valence-electron chi connectivity index (χ3n) is 4.35. The predicted octanol–water partition coefficient (Wildman–Crippen LogP) is 4.47. The molecule has 1 N–H and O–H groups in total. The van der Waals surface area contributed by atoms with Crippen LogP contribution in [0.2, 0.25) is 0 Å². The molecule has 1 aliphatic rings. The van der Waals surface area contributed by atoms with E-state index < -0.39 is 0 Å². The maximum Gasteiger partial charge on any atom is 0.0543 e. The molecule has 19 heavy (non-hydrogen) atoms. The summed E-state index contributed by atoms with van der Waals surface area (Å²) in [6.07, 6.45) is 6.80. The summed E-state index contributed by atoms with van der Waals surface area (Å²) in [5.74, 6) is 0.665. The summed E-state index contributed by atoms with van der Waals surface area (Å²) in [4.78, 5) is 0. The summed E-state index contributed by atoms with van der Waals surface area (Å²) < 4.78 is 0. The van der Waals surface area contributed by atoms with E-state index in [2.05, 4.69) is 45.0 Å². The highest BCUT2D eigenvalue weighted by Crippen LogP contribution is 2.28. The maximum absolute atomic E-state index is 9.89. The molecule has 0 bridgehead atoms. The Labute approximate surface area is 118 Å². The summed E-state index contributed by atoms with van der Waals surface area (Å²) in [6.45, 7) is 6.76. The van der Waals surface area contributed by atoms with Crippen LogP contribution in [-0.2, 0) is 11.8 Å². The summed E-state index contributed by atoms with van der Waals surface area (Å²) in [7, 11) is 0. The molecule has 2 rings (SSSR count). The summed E-state index contributed by atoms with van der Waals surface area (Å²) in [6, 6.07) is 9.08. The molecule has 2 unspecified atom stereocenters. The van der Waals surface area contributed by atoms with Crippen LogP contribution in [0.25, 0.3) is 0 Å². The van der Waals surface area contributed by atoms with Crippen molar-refractivity contribution in [1.29, 1.82) is 0 Å². The highest BCUT2D eigenvalue weighted by atomic mass is 16.3. The molecule has 1 heteroatoms. The number of aliphatic hydroxyl groups is 1. The van der Waals surface area contributed by atoms with Crippen LogP contribution in [0.15, 0.2) is 24.3 Å². The molecule has 1 aromatic carbocycles. The highest BCUT2D eigenvalue weighted by molar-refractivity contribution is 5.27. The fraction of sp³-hybridized carbons (Fsp3) is 0.667. The van der Waals surface area contributed by atoms with Crippen molar-refractivity contribution in [3.63, 3.8) is 0 Å². The van der Waals surface area contributed by atoms with Crippen molar-refractivity contribution in [3.8, 4) is 0 Å². The van der Waals surface area contributed by atoms with Gasteiger partial charge in [0.1, 0.15) is 0 Å². The molecule has 106 valence electrons. The van der Waals surface area contributed by atoms with Gasteiger partial charge in [-0.1, -0.05) is 64.3 Å². The zero-order valence-corrected chi connectivity index (χ0v) is 12.7. The van der Waals surface area contributed by atoms with E-state index in [-0.39, 0.29) is 11.5 Å². The third-order valence-corrected chi connectivity index (χ3v) is 4.35. The van der Waals surface area contributed by atoms with E-state index in [1.165, 1.54) is 30.4 Å². The fourth-order valence-electron chi connectivity index (χ4n) is 3.09. The largest absolute Gasteiger partial charge is 0.393 e. The Morgan fingerprint density at radius 1 is 1.05 bits per heavy atom. The first-order chi connectivity index (χ1) is 8.95. The zero-order chi connectivity index (χ0) is 13.9. The predicted molar refractivity (Wildman–Crippen MR) is 81.4 cm³/mol. The lowest BCUT2D eigenvalue weighted by Gasteiger charge is -2.20. The van der Waals surface area contributed by atoms with Gasteiger partial charge >= 0.3 is 0 Å². The Bertz CT molecular complexity index is 385. The van der Waals surface area contributed by atoms with Crippen LogP contribution >= 0.6 is 0 Å². The molecule has 1 fully saturated rings. The smallest absolute Gasteiger partial charge is 0.0543 e. The van der Waals surface area contributed by atoms with E-state index in [1.807, 2.05) is 0 Å². The molecule has 0 spiro atoms. The third kappa shape index (κ3) is 4.35. The lowest BCUT2D eigenvalue weighted by atomic mass is 9.85. The van der Waals surface area contributed by atoms with E-state index in [4.69, 9.17) is 0 Å². The fourth-order valence-corrected chi connectivity index (χ4v) is 3.09. The number of hydrogen-bond acceptors (Lipinski definition) is 1. The molecule has 0 saturated heterocycles. The summed E-state index contributed by atoms with van der Waals surface area (Å²) in [5.41, 5.74) is 3.06. The molecular weight excluding hydrogens is 232 g/mol. The van der Waals surface area contributed by atoms with Crippen molar-refractivity contribution in [2.75, 3.05) is 0 Å². The van der Waals surface area contributed by atoms with Gasteiger partial charge in [0.05, 0.1) is 6.10 Å². The first-order valence-electron chi connectivity index (χ1n) is 7.72. The molecule has 1 nitrogen and oxygen atoms in total. The van der Waals surface area contributed by atoms with Crippen LogP contribution < -0.4 is 0 Å². The van der Waals surface area contributed by atoms with Crippen molar-refractivity contribution in [2.45, 2.75) is 70.8 Å². The van der Waals surface area contributed by atoms with Gasteiger partial charge in [-0.05, 0) is 41.7 Å². The van der Waals surface area contributed by atoms with Gasteiger partial charge < -0.3 is 5.11 Å². The Morgan fingerprint density at radius 2 is 1.68 bits per heavy atom. The van der Waals surface area contributed by atoms with E-state index >= 15 is 0 Å². The molecular formula is C18H28O. The molecule has 1 aromatic rings. The maximum atomic E-state index is 9.89. The van der Waals surface area contributed by atoms with Crippen LogP contribution in [0.5, 0.6) is 0 Å². The van der Waals surface area contributed by atoms with Crippen LogP contribution in [0.1, 0.15) is 64.0 Å². The SMILES string of the molecule is CC(C)(C)c1ccc(CC2CCCCC(O)C2)cc1. The number of hydrogen-bond donors (Lipinski definition) is 1. The van der Waals surface area contributed by atoms with Gasteiger partial charge in [0.2, 0.25) is 0 Å². The molecule has 0 aliphatic heterocycles. The van der Waals surface area contributed by atoms with Crippen molar-refractivity contribution in [2.24, 2.45) is 5.92 Å². The van der Waals surface area contributed by atoms with E-state index in [0.717, 1.165) is 19.3 Å². The van der Waals surface area contributed by atoms with Crippen LogP contribution in [-0.4, -0.2) is 11.2 Å². The first-order valence-corrected chi connectivity index (χ1v) is 7.72. The van der Waals surface area contributed by atoms with E-state index in [0.29, 0.717) is 5.92 Å². The average molecular weight is 260 g/mol. The van der Waals surface area contributed by atoms with Crippen LogP contribution in [0, 0.1) is 5.92 Å². The number of benzene rings is 1. The standard InChI is InChI=1S/C18H28O/c1-18(2,3)16-10-8-14(9-11-16)12-15-6-4-5-7-17(19)13-15/h8-11,15,17,19H,4-7,12-13H2,1-3H3. The number of rotatable bonds is 2. The van der Waals surface area contributed by atoms with Gasteiger partial charge in [0, 0.05) is 0 Å². The summed E-state index contributed by atoms with van der Waals surface area (Å²) in [5, 5.41) is 9.89. The molecule has 0 aromatic heterocycles. The quantitative estimate of drug-likeness (QED) is 0.778. The van der Waals surface area contributed by atoms with Crippen molar-refractivity contribution in [1.82, 2.24) is 0 Å². The van der Waals surface area contributed by atoms with E-state index in [1.54, 1.807) is 0 Å². The minimum atomic E-state index is -0.0682.